The number of aromatic nitrogens is 1. The van der Waals surface area contributed by atoms with Crippen molar-refractivity contribution in [2.75, 3.05) is 40.0 Å². The maximum absolute atomic E-state index is 16.2. The number of phenols is 1. The first-order valence-electron chi connectivity index (χ1n) is 17.1. The van der Waals surface area contributed by atoms with Gasteiger partial charge in [-0.2, -0.15) is 0 Å². The molecular weight excluding hydrogens is 603 g/mol. The maximum Gasteiger partial charge on any atom is 0.175 e. The van der Waals surface area contributed by atoms with Crippen LogP contribution in [0.15, 0.2) is 34.1 Å². The van der Waals surface area contributed by atoms with Crippen LogP contribution in [-0.4, -0.2) is 84.7 Å². The highest BCUT2D eigenvalue weighted by atomic mass is 19.1. The van der Waals surface area contributed by atoms with E-state index in [1.54, 1.807) is 11.0 Å². The molecule has 2 saturated heterocycles. The number of alkyl halides is 1. The second-order valence-electron chi connectivity index (χ2n) is 13.3. The molecule has 3 heterocycles. The quantitative estimate of drug-likeness (QED) is 0.194. The lowest BCUT2D eigenvalue weighted by Gasteiger charge is -2.30. The van der Waals surface area contributed by atoms with Crippen LogP contribution in [0.4, 0.5) is 18.9 Å². The van der Waals surface area contributed by atoms with E-state index < -0.39 is 12.0 Å². The molecule has 1 aliphatic carbocycles. The lowest BCUT2D eigenvalue weighted by molar-refractivity contribution is 0.204. The van der Waals surface area contributed by atoms with Crippen LogP contribution in [0.2, 0.25) is 0 Å². The number of fused-ring (bicyclic) bond motifs is 2. The van der Waals surface area contributed by atoms with Gasteiger partial charge in [0.2, 0.25) is 0 Å². The zero-order valence-corrected chi connectivity index (χ0v) is 29.0. The van der Waals surface area contributed by atoms with E-state index in [9.17, 15) is 13.9 Å². The first kappa shape index (κ1) is 36.6. The van der Waals surface area contributed by atoms with E-state index in [4.69, 9.17) is 4.74 Å². The van der Waals surface area contributed by atoms with Crippen LogP contribution >= 0.6 is 0 Å². The van der Waals surface area contributed by atoms with Gasteiger partial charge < -0.3 is 19.6 Å². The topological polar surface area (TPSA) is 73.5 Å². The molecular formula is C37H52F3N5O2. The standard InChI is InChI=1S/C29H37F3N4O2.C8H15N/c1-7-17(3)14-36(15-18(4)30)29(35-16-38-6)23-13-34-28(26(32)27(23)33-5)22-12-20(37)11-19-9-10-24(31)21(8-2)25(19)22;1-7-5-8-3-2-4-9(8)6-7/h11-13,17-18,37H,5,7-10,14-16H2,1-4,6H3;7-8H,2-6H2,1H3/b35-29+;. The molecule has 10 heteroatoms. The van der Waals surface area contributed by atoms with Crippen molar-refractivity contribution in [3.63, 3.8) is 0 Å². The molecule has 0 amide bonds. The van der Waals surface area contributed by atoms with E-state index in [1.165, 1.54) is 58.6 Å². The molecule has 2 aromatic rings. The van der Waals surface area contributed by atoms with Crippen molar-refractivity contribution >= 4 is 23.8 Å². The number of rotatable bonds is 11. The molecule has 0 radical (unpaired) electrons. The maximum atomic E-state index is 16.2. The normalized spacial score (nSPS) is 20.7. The summed E-state index contributed by atoms with van der Waals surface area (Å²) in [5.74, 6) is 0.403. The minimum Gasteiger partial charge on any atom is -0.508 e. The highest BCUT2D eigenvalue weighted by Gasteiger charge is 2.32. The summed E-state index contributed by atoms with van der Waals surface area (Å²) in [5, 5.41) is 10.4. The summed E-state index contributed by atoms with van der Waals surface area (Å²) >= 11 is 0. The molecule has 2 fully saturated rings. The Labute approximate surface area is 278 Å². The second kappa shape index (κ2) is 16.7. The number of nitrogens with zero attached hydrogens (tertiary/aromatic N) is 5. The van der Waals surface area contributed by atoms with Gasteiger partial charge in [0.15, 0.2) is 5.82 Å². The number of hydrogen-bond donors (Lipinski definition) is 1. The van der Waals surface area contributed by atoms with Gasteiger partial charge in [0.1, 0.15) is 41.7 Å². The van der Waals surface area contributed by atoms with E-state index in [0.29, 0.717) is 36.4 Å². The number of amidine groups is 1. The molecule has 2 aliphatic heterocycles. The molecule has 4 atom stereocenters. The number of ether oxygens (including phenoxy) is 1. The van der Waals surface area contributed by atoms with Gasteiger partial charge in [-0.3, -0.25) is 9.98 Å². The summed E-state index contributed by atoms with van der Waals surface area (Å²) in [5.41, 5.74) is 2.08. The van der Waals surface area contributed by atoms with Gasteiger partial charge in [-0.25, -0.2) is 18.2 Å². The van der Waals surface area contributed by atoms with E-state index in [0.717, 1.165) is 23.9 Å². The molecule has 4 unspecified atom stereocenters. The SMILES string of the molecule is C=Nc1c(/C(=N\COC)N(CC(C)F)CC(C)CC)cnc(-c2cc(O)cc3c2C(CC)=C(F)CC3)c1F.CC1CC2CCCN2C1. The minimum absolute atomic E-state index is 0.0308. The van der Waals surface area contributed by atoms with Crippen LogP contribution in [0, 0.1) is 17.7 Å². The third-order valence-electron chi connectivity index (χ3n) is 9.51. The molecule has 0 saturated carbocycles. The lowest BCUT2D eigenvalue weighted by Crippen LogP contribution is -2.39. The van der Waals surface area contributed by atoms with Gasteiger partial charge >= 0.3 is 0 Å². The largest absolute Gasteiger partial charge is 0.508 e. The summed E-state index contributed by atoms with van der Waals surface area (Å²) in [6.45, 7) is 16.6. The Morgan fingerprint density at radius 1 is 1.21 bits per heavy atom. The van der Waals surface area contributed by atoms with Gasteiger partial charge in [0.05, 0.1) is 12.1 Å². The predicted molar refractivity (Wildman–Crippen MR) is 186 cm³/mol. The molecule has 258 valence electrons. The van der Waals surface area contributed by atoms with E-state index in [-0.39, 0.29) is 59.7 Å². The zero-order chi connectivity index (χ0) is 34.2. The number of phenolic OH excluding ortho intramolecular Hbond substituents is 1. The third-order valence-corrected chi connectivity index (χ3v) is 9.51. The van der Waals surface area contributed by atoms with E-state index in [1.807, 2.05) is 20.8 Å². The fraction of sp³-hybridized carbons (Fsp3) is 0.595. The van der Waals surface area contributed by atoms with Crippen molar-refractivity contribution in [1.29, 1.82) is 0 Å². The predicted octanol–water partition coefficient (Wildman–Crippen LogP) is 8.51. The number of benzene rings is 1. The van der Waals surface area contributed by atoms with Crippen molar-refractivity contribution in [2.45, 2.75) is 91.8 Å². The summed E-state index contributed by atoms with van der Waals surface area (Å²) in [4.78, 5) is 17.3. The molecule has 47 heavy (non-hydrogen) atoms. The number of aromatic hydroxyl groups is 1. The summed E-state index contributed by atoms with van der Waals surface area (Å²) < 4.78 is 50.4. The van der Waals surface area contributed by atoms with Crippen LogP contribution in [0.5, 0.6) is 5.75 Å². The van der Waals surface area contributed by atoms with Crippen molar-refractivity contribution in [1.82, 2.24) is 14.8 Å². The fourth-order valence-electron chi connectivity index (χ4n) is 7.19. The minimum atomic E-state index is -1.17. The summed E-state index contributed by atoms with van der Waals surface area (Å²) in [6, 6.07) is 3.96. The molecule has 3 aliphatic rings. The number of aryl methyl sites for hydroxylation is 1. The Balaban J connectivity index is 0.000000471. The molecule has 1 aromatic heterocycles. The number of hydrogen-bond acceptors (Lipinski definition) is 6. The van der Waals surface area contributed by atoms with E-state index >= 15 is 4.39 Å². The highest BCUT2D eigenvalue weighted by Crippen LogP contribution is 2.44. The van der Waals surface area contributed by atoms with Gasteiger partial charge in [-0.15, -0.1) is 0 Å². The lowest BCUT2D eigenvalue weighted by atomic mass is 9.84. The van der Waals surface area contributed by atoms with Crippen LogP contribution in [-0.2, 0) is 11.2 Å². The van der Waals surface area contributed by atoms with Crippen LogP contribution in [0.25, 0.3) is 16.8 Å². The Morgan fingerprint density at radius 2 is 1.98 bits per heavy atom. The highest BCUT2D eigenvalue weighted by molar-refractivity contribution is 6.03. The smallest absolute Gasteiger partial charge is 0.175 e. The van der Waals surface area contributed by atoms with Gasteiger partial charge in [-0.1, -0.05) is 34.1 Å². The Morgan fingerprint density at radius 3 is 2.62 bits per heavy atom. The number of halogens is 3. The zero-order valence-electron chi connectivity index (χ0n) is 29.0. The number of allylic oxidation sites excluding steroid dienone is 2. The van der Waals surface area contributed by atoms with E-state index in [2.05, 4.69) is 33.5 Å². The second-order valence-corrected chi connectivity index (χ2v) is 13.3. The summed E-state index contributed by atoms with van der Waals surface area (Å²) in [6.07, 6.45) is 6.54. The molecule has 1 N–H and O–H groups in total. The molecule has 1 aromatic carbocycles. The average molecular weight is 656 g/mol. The number of pyridine rings is 1. The van der Waals surface area contributed by atoms with Crippen molar-refractivity contribution < 1.29 is 23.0 Å². The summed E-state index contributed by atoms with van der Waals surface area (Å²) in [7, 11) is 1.48. The fourth-order valence-corrected chi connectivity index (χ4v) is 7.19. The van der Waals surface area contributed by atoms with Crippen molar-refractivity contribution in [3.8, 4) is 17.0 Å². The molecule has 7 nitrogen and oxygen atoms in total. The monoisotopic (exact) mass is 655 g/mol. The third kappa shape index (κ3) is 8.62. The van der Waals surface area contributed by atoms with Crippen molar-refractivity contribution in [2.24, 2.45) is 21.8 Å². The van der Waals surface area contributed by atoms with Crippen LogP contribution in [0.1, 0.15) is 89.8 Å². The Hall–Kier alpha value is -3.24. The molecule has 5 rings (SSSR count). The first-order valence-corrected chi connectivity index (χ1v) is 17.1. The van der Waals surface area contributed by atoms with Crippen LogP contribution in [0.3, 0.4) is 0 Å². The van der Waals surface area contributed by atoms with Crippen molar-refractivity contribution in [3.05, 3.63) is 46.7 Å². The van der Waals surface area contributed by atoms with Crippen LogP contribution < -0.4 is 0 Å². The Kier molecular flexibility index (Phi) is 13.0. The number of aliphatic imine (C=N–C) groups is 2. The number of methoxy groups -OCH3 is 1. The van der Waals surface area contributed by atoms with Gasteiger partial charge in [0.25, 0.3) is 0 Å². The van der Waals surface area contributed by atoms with Gasteiger partial charge in [0, 0.05) is 44.4 Å². The first-order chi connectivity index (χ1) is 22.5. The molecule has 0 spiro atoms. The average Bonchev–Trinajstić information content (AvgIpc) is 3.62. The Bertz CT molecular complexity index is 1450. The van der Waals surface area contributed by atoms with Gasteiger partial charge in [-0.05, 0) is 93.0 Å². The molecule has 0 bridgehead atoms.